The van der Waals surface area contributed by atoms with Gasteiger partial charge in [0.05, 0.1) is 6.61 Å². The van der Waals surface area contributed by atoms with Gasteiger partial charge in [-0.2, -0.15) is 0 Å². The minimum Gasteiger partial charge on any atom is -0.493 e. The lowest BCUT2D eigenvalue weighted by Crippen LogP contribution is -2.58. The van der Waals surface area contributed by atoms with Crippen LogP contribution in [0.2, 0.25) is 0 Å². The Morgan fingerprint density at radius 3 is 2.85 bits per heavy atom. The molecular weight excluding hydrogens is 256 g/mol. The average Bonchev–Trinajstić information content (AvgIpc) is 2.40. The SMILES string of the molecule is CC1COc2ccccc2C1(NCCN(C)C)C(=O)O. The molecule has 2 rings (SSSR count). The first-order valence-electron chi connectivity index (χ1n) is 6.84. The van der Waals surface area contributed by atoms with E-state index in [4.69, 9.17) is 4.74 Å². The smallest absolute Gasteiger partial charge is 0.329 e. The third-order valence-corrected chi connectivity index (χ3v) is 3.84. The highest BCUT2D eigenvalue weighted by atomic mass is 16.5. The average molecular weight is 278 g/mol. The number of nitrogens with zero attached hydrogens (tertiary/aromatic N) is 1. The summed E-state index contributed by atoms with van der Waals surface area (Å²) in [5.41, 5.74) is -0.366. The van der Waals surface area contributed by atoms with E-state index in [1.807, 2.05) is 50.2 Å². The summed E-state index contributed by atoms with van der Waals surface area (Å²) in [4.78, 5) is 14.0. The maximum atomic E-state index is 12.0. The third kappa shape index (κ3) is 2.51. The topological polar surface area (TPSA) is 61.8 Å². The maximum absolute atomic E-state index is 12.0. The number of rotatable bonds is 5. The maximum Gasteiger partial charge on any atom is 0.329 e. The highest BCUT2D eigenvalue weighted by Crippen LogP contribution is 2.40. The van der Waals surface area contributed by atoms with E-state index in [0.29, 0.717) is 24.5 Å². The van der Waals surface area contributed by atoms with Gasteiger partial charge in [0, 0.05) is 24.6 Å². The van der Waals surface area contributed by atoms with Crippen LogP contribution in [-0.4, -0.2) is 49.8 Å². The predicted octanol–water partition coefficient (Wildman–Crippen LogP) is 1.15. The van der Waals surface area contributed by atoms with Crippen LogP contribution in [-0.2, 0) is 10.3 Å². The summed E-state index contributed by atoms with van der Waals surface area (Å²) in [6.07, 6.45) is 0. The Morgan fingerprint density at radius 1 is 1.50 bits per heavy atom. The monoisotopic (exact) mass is 278 g/mol. The third-order valence-electron chi connectivity index (χ3n) is 3.84. The van der Waals surface area contributed by atoms with Crippen LogP contribution in [0.25, 0.3) is 0 Å². The van der Waals surface area contributed by atoms with Gasteiger partial charge in [-0.25, -0.2) is 4.79 Å². The number of fused-ring (bicyclic) bond motifs is 1. The van der Waals surface area contributed by atoms with Crippen LogP contribution in [0.1, 0.15) is 12.5 Å². The van der Waals surface area contributed by atoms with Gasteiger partial charge in [0.1, 0.15) is 5.75 Å². The quantitative estimate of drug-likeness (QED) is 0.846. The molecule has 0 amide bonds. The van der Waals surface area contributed by atoms with Crippen molar-refractivity contribution in [2.24, 2.45) is 5.92 Å². The van der Waals surface area contributed by atoms with Crippen LogP contribution < -0.4 is 10.1 Å². The Bertz CT molecular complexity index is 490. The van der Waals surface area contributed by atoms with E-state index in [1.165, 1.54) is 0 Å². The fraction of sp³-hybridized carbons (Fsp3) is 0.533. The van der Waals surface area contributed by atoms with Crippen LogP contribution in [0.4, 0.5) is 0 Å². The highest BCUT2D eigenvalue weighted by molar-refractivity contribution is 5.83. The van der Waals surface area contributed by atoms with Crippen molar-refractivity contribution in [3.05, 3.63) is 29.8 Å². The van der Waals surface area contributed by atoms with E-state index in [1.54, 1.807) is 0 Å². The first kappa shape index (κ1) is 14.8. The number of benzene rings is 1. The van der Waals surface area contributed by atoms with E-state index >= 15 is 0 Å². The standard InChI is InChI=1S/C15H22N2O3/c1-11-10-20-13-7-5-4-6-12(13)15(11,14(18)19)16-8-9-17(2)3/h4-7,11,16H,8-10H2,1-3H3,(H,18,19). The number of carboxylic acids is 1. The molecule has 1 heterocycles. The molecule has 0 spiro atoms. The van der Waals surface area contributed by atoms with Gasteiger partial charge in [0.25, 0.3) is 0 Å². The molecule has 20 heavy (non-hydrogen) atoms. The van der Waals surface area contributed by atoms with E-state index in [9.17, 15) is 9.90 Å². The largest absolute Gasteiger partial charge is 0.493 e. The lowest BCUT2D eigenvalue weighted by atomic mass is 9.77. The Kier molecular flexibility index (Phi) is 4.30. The zero-order valence-electron chi connectivity index (χ0n) is 12.2. The highest BCUT2D eigenvalue weighted by Gasteiger charge is 2.49. The molecule has 2 atom stereocenters. The summed E-state index contributed by atoms with van der Waals surface area (Å²) in [6, 6.07) is 7.38. The van der Waals surface area contributed by atoms with Crippen molar-refractivity contribution in [2.45, 2.75) is 12.5 Å². The van der Waals surface area contributed by atoms with Gasteiger partial charge in [-0.05, 0) is 20.2 Å². The number of ether oxygens (including phenoxy) is 1. The van der Waals surface area contributed by atoms with Crippen molar-refractivity contribution in [2.75, 3.05) is 33.8 Å². The molecule has 0 bridgehead atoms. The first-order valence-corrected chi connectivity index (χ1v) is 6.84. The summed E-state index contributed by atoms with van der Waals surface area (Å²) in [7, 11) is 3.94. The van der Waals surface area contributed by atoms with Gasteiger partial charge < -0.3 is 14.7 Å². The molecule has 110 valence electrons. The van der Waals surface area contributed by atoms with Crippen LogP contribution in [0.5, 0.6) is 5.75 Å². The van der Waals surface area contributed by atoms with Gasteiger partial charge in [-0.1, -0.05) is 25.1 Å². The fourth-order valence-corrected chi connectivity index (χ4v) is 2.67. The summed E-state index contributed by atoms with van der Waals surface area (Å²) >= 11 is 0. The van der Waals surface area contributed by atoms with Crippen LogP contribution >= 0.6 is 0 Å². The van der Waals surface area contributed by atoms with E-state index < -0.39 is 11.5 Å². The van der Waals surface area contributed by atoms with Gasteiger partial charge >= 0.3 is 5.97 Å². The minimum atomic E-state index is -1.08. The van der Waals surface area contributed by atoms with E-state index in [0.717, 1.165) is 6.54 Å². The number of likely N-dealkylation sites (N-methyl/N-ethyl adjacent to an activating group) is 1. The molecule has 1 aromatic rings. The zero-order valence-corrected chi connectivity index (χ0v) is 12.2. The molecule has 0 saturated heterocycles. The van der Waals surface area contributed by atoms with Crippen molar-refractivity contribution < 1.29 is 14.6 Å². The normalized spacial score (nSPS) is 25.1. The lowest BCUT2D eigenvalue weighted by molar-refractivity contribution is -0.149. The van der Waals surface area contributed by atoms with E-state index in [2.05, 4.69) is 5.32 Å². The van der Waals surface area contributed by atoms with Gasteiger partial charge in [-0.3, -0.25) is 5.32 Å². The first-order chi connectivity index (χ1) is 9.48. The molecule has 5 heteroatoms. The van der Waals surface area contributed by atoms with Crippen molar-refractivity contribution in [3.63, 3.8) is 0 Å². The Hall–Kier alpha value is -1.59. The number of carbonyl (C=O) groups is 1. The molecule has 0 aliphatic carbocycles. The minimum absolute atomic E-state index is 0.142. The van der Waals surface area contributed by atoms with E-state index in [-0.39, 0.29) is 5.92 Å². The van der Waals surface area contributed by atoms with Crippen molar-refractivity contribution in [3.8, 4) is 5.75 Å². The molecule has 1 aromatic carbocycles. The van der Waals surface area contributed by atoms with Crippen molar-refractivity contribution in [1.82, 2.24) is 10.2 Å². The van der Waals surface area contributed by atoms with Crippen LogP contribution in [0.3, 0.4) is 0 Å². The zero-order chi connectivity index (χ0) is 14.8. The summed E-state index contributed by atoms with van der Waals surface area (Å²) < 4.78 is 5.65. The molecule has 0 saturated carbocycles. The van der Waals surface area contributed by atoms with Gasteiger partial charge in [0.2, 0.25) is 0 Å². The Labute approximate surface area is 119 Å². The number of hydrogen-bond donors (Lipinski definition) is 2. The summed E-state index contributed by atoms with van der Waals surface area (Å²) in [5, 5.41) is 13.1. The number of para-hydroxylation sites is 1. The molecule has 2 unspecified atom stereocenters. The van der Waals surface area contributed by atoms with Crippen LogP contribution in [0.15, 0.2) is 24.3 Å². The summed E-state index contributed by atoms with van der Waals surface area (Å²) in [6.45, 7) is 3.70. The lowest BCUT2D eigenvalue weighted by Gasteiger charge is -2.41. The number of nitrogens with one attached hydrogen (secondary N) is 1. The fourth-order valence-electron chi connectivity index (χ4n) is 2.67. The number of aliphatic carboxylic acids is 1. The van der Waals surface area contributed by atoms with Gasteiger partial charge in [-0.15, -0.1) is 0 Å². The van der Waals surface area contributed by atoms with Crippen molar-refractivity contribution in [1.29, 1.82) is 0 Å². The number of carboxylic acid groups (broad SMARTS) is 1. The number of hydrogen-bond acceptors (Lipinski definition) is 4. The molecular formula is C15H22N2O3. The summed E-state index contributed by atoms with van der Waals surface area (Å²) in [5.74, 6) is -0.332. The van der Waals surface area contributed by atoms with Crippen molar-refractivity contribution >= 4 is 5.97 Å². The molecule has 0 aromatic heterocycles. The molecule has 5 nitrogen and oxygen atoms in total. The van der Waals surface area contributed by atoms with Gasteiger partial charge in [0.15, 0.2) is 5.54 Å². The predicted molar refractivity (Wildman–Crippen MR) is 77.0 cm³/mol. The second-order valence-electron chi connectivity index (χ2n) is 5.55. The second kappa shape index (κ2) is 5.81. The Morgan fingerprint density at radius 2 is 2.20 bits per heavy atom. The molecule has 2 N–H and O–H groups in total. The molecule has 1 aliphatic rings. The molecule has 0 radical (unpaired) electrons. The molecule has 1 aliphatic heterocycles. The molecule has 0 fully saturated rings. The second-order valence-corrected chi connectivity index (χ2v) is 5.55. The van der Waals surface area contributed by atoms with Crippen LogP contribution in [0, 0.1) is 5.92 Å². The Balaban J connectivity index is 2.37.